The molecule has 0 amide bonds. The normalized spacial score (nSPS) is 36.2. The van der Waals surface area contributed by atoms with Crippen molar-refractivity contribution in [2.24, 2.45) is 5.92 Å². The Morgan fingerprint density at radius 3 is 3.36 bits per heavy atom. The number of nitrogens with one attached hydrogen (secondary N) is 2. The molecule has 0 aromatic rings. The largest absolute Gasteiger partial charge is 0.390 e. The summed E-state index contributed by atoms with van der Waals surface area (Å²) in [5.41, 5.74) is 0. The lowest BCUT2D eigenvalue weighted by Gasteiger charge is -2.13. The second-order valence-corrected chi connectivity index (χ2v) is 3.12. The first-order valence-corrected chi connectivity index (χ1v) is 4.05. The highest BCUT2D eigenvalue weighted by Gasteiger charge is 2.31. The topological polar surface area (TPSA) is 41.1 Å². The molecule has 0 aliphatic carbocycles. The molecule has 60 valence electrons. The van der Waals surface area contributed by atoms with Crippen LogP contribution in [0.3, 0.4) is 0 Å². The van der Waals surface area contributed by atoms with Crippen molar-refractivity contribution < 1.29 is 4.79 Å². The first-order chi connectivity index (χ1) is 5.38. The lowest BCUT2D eigenvalue weighted by Crippen LogP contribution is -2.36. The Kier molecular flexibility index (Phi) is 1.66. The van der Waals surface area contributed by atoms with Crippen molar-refractivity contribution >= 4 is 5.78 Å². The Hall–Kier alpha value is -0.830. The van der Waals surface area contributed by atoms with Crippen LogP contribution in [-0.2, 0) is 4.79 Å². The van der Waals surface area contributed by atoms with E-state index in [-0.39, 0.29) is 11.8 Å². The van der Waals surface area contributed by atoms with Crippen molar-refractivity contribution in [2.45, 2.75) is 12.5 Å². The van der Waals surface area contributed by atoms with Gasteiger partial charge in [0.15, 0.2) is 5.78 Å². The van der Waals surface area contributed by atoms with E-state index < -0.39 is 0 Å². The molecule has 1 saturated heterocycles. The molecule has 2 aliphatic heterocycles. The Morgan fingerprint density at radius 2 is 2.45 bits per heavy atom. The fourth-order valence-corrected chi connectivity index (χ4v) is 1.77. The average Bonchev–Trinajstić information content (AvgIpc) is 2.40. The molecule has 3 nitrogen and oxygen atoms in total. The lowest BCUT2D eigenvalue weighted by atomic mass is 9.98. The van der Waals surface area contributed by atoms with E-state index in [4.69, 9.17) is 0 Å². The first kappa shape index (κ1) is 6.85. The van der Waals surface area contributed by atoms with Crippen LogP contribution in [0.4, 0.5) is 0 Å². The van der Waals surface area contributed by atoms with Gasteiger partial charge in [-0.1, -0.05) is 0 Å². The number of hydrogen-bond acceptors (Lipinski definition) is 3. The van der Waals surface area contributed by atoms with E-state index in [9.17, 15) is 4.79 Å². The summed E-state index contributed by atoms with van der Waals surface area (Å²) in [7, 11) is 0. The molecule has 2 aliphatic rings. The molecule has 2 atom stereocenters. The molecule has 2 unspecified atom stereocenters. The molecule has 0 bridgehead atoms. The van der Waals surface area contributed by atoms with Gasteiger partial charge in [-0.2, -0.15) is 0 Å². The van der Waals surface area contributed by atoms with Crippen molar-refractivity contribution in [3.05, 3.63) is 12.3 Å². The van der Waals surface area contributed by atoms with Gasteiger partial charge in [0.25, 0.3) is 0 Å². The maximum absolute atomic E-state index is 11.3. The zero-order valence-electron chi connectivity index (χ0n) is 6.34. The van der Waals surface area contributed by atoms with Gasteiger partial charge in [-0.05, 0) is 19.0 Å². The Bertz CT molecular complexity index is 200. The monoisotopic (exact) mass is 152 g/mol. The van der Waals surface area contributed by atoms with E-state index in [1.165, 1.54) is 0 Å². The first-order valence-electron chi connectivity index (χ1n) is 4.05. The molecule has 3 heteroatoms. The minimum atomic E-state index is 0.0845. The van der Waals surface area contributed by atoms with Gasteiger partial charge in [-0.3, -0.25) is 4.79 Å². The molecule has 2 N–H and O–H groups in total. The van der Waals surface area contributed by atoms with Gasteiger partial charge in [-0.15, -0.1) is 0 Å². The molecule has 0 radical (unpaired) electrons. The van der Waals surface area contributed by atoms with Crippen LogP contribution in [0.15, 0.2) is 12.3 Å². The number of ketones is 1. The number of carbonyl (C=O) groups excluding carboxylic acids is 1. The quantitative estimate of drug-likeness (QED) is 0.498. The Labute approximate surface area is 65.9 Å². The summed E-state index contributed by atoms with van der Waals surface area (Å²) in [6.45, 7) is 1.91. The van der Waals surface area contributed by atoms with Crippen LogP contribution in [0.5, 0.6) is 0 Å². The summed E-state index contributed by atoms with van der Waals surface area (Å²) in [5.74, 6) is 0.718. The average molecular weight is 152 g/mol. The number of carbonyl (C=O) groups is 1. The summed E-state index contributed by atoms with van der Waals surface area (Å²) >= 11 is 0. The lowest BCUT2D eigenvalue weighted by molar-refractivity contribution is -0.116. The molecule has 11 heavy (non-hydrogen) atoms. The highest BCUT2D eigenvalue weighted by molar-refractivity contribution is 5.95. The summed E-state index contributed by atoms with van der Waals surface area (Å²) in [6, 6.07) is 0.0845. The summed E-state index contributed by atoms with van der Waals surface area (Å²) in [5, 5.41) is 6.32. The van der Waals surface area contributed by atoms with Gasteiger partial charge < -0.3 is 10.6 Å². The minimum absolute atomic E-state index is 0.0845. The SMILES string of the molecule is O=C1C=CNCC2CCNC12. The van der Waals surface area contributed by atoms with Gasteiger partial charge in [-0.25, -0.2) is 0 Å². The number of fused-ring (bicyclic) bond motifs is 1. The second-order valence-electron chi connectivity index (χ2n) is 3.12. The van der Waals surface area contributed by atoms with Crippen molar-refractivity contribution in [2.75, 3.05) is 13.1 Å². The molecule has 2 rings (SSSR count). The molecular formula is C8H12N2O. The highest BCUT2D eigenvalue weighted by Crippen LogP contribution is 2.17. The molecule has 0 aromatic heterocycles. The third kappa shape index (κ3) is 1.16. The summed E-state index contributed by atoms with van der Waals surface area (Å²) in [6.07, 6.45) is 4.50. The molecule has 0 spiro atoms. The van der Waals surface area contributed by atoms with Crippen LogP contribution in [0.1, 0.15) is 6.42 Å². The smallest absolute Gasteiger partial charge is 0.174 e. The third-order valence-corrected chi connectivity index (χ3v) is 2.40. The van der Waals surface area contributed by atoms with E-state index in [1.807, 2.05) is 0 Å². The van der Waals surface area contributed by atoms with Crippen LogP contribution in [0, 0.1) is 5.92 Å². The fourth-order valence-electron chi connectivity index (χ4n) is 1.77. The zero-order valence-corrected chi connectivity index (χ0v) is 6.34. The van der Waals surface area contributed by atoms with E-state index in [0.717, 1.165) is 19.5 Å². The maximum Gasteiger partial charge on any atom is 0.174 e. The van der Waals surface area contributed by atoms with E-state index in [0.29, 0.717) is 5.92 Å². The minimum Gasteiger partial charge on any atom is -0.390 e. The van der Waals surface area contributed by atoms with Crippen molar-refractivity contribution in [3.8, 4) is 0 Å². The van der Waals surface area contributed by atoms with Crippen LogP contribution in [0.2, 0.25) is 0 Å². The molecule has 2 heterocycles. The van der Waals surface area contributed by atoms with E-state index >= 15 is 0 Å². The molecule has 0 aromatic carbocycles. The van der Waals surface area contributed by atoms with Crippen LogP contribution >= 0.6 is 0 Å². The number of rotatable bonds is 0. The standard InChI is InChI=1S/C8H12N2O/c11-7-2-3-9-5-6-1-4-10-8(6)7/h2-3,6,8-10H,1,4-5H2. The Morgan fingerprint density at radius 1 is 1.55 bits per heavy atom. The van der Waals surface area contributed by atoms with Gasteiger partial charge >= 0.3 is 0 Å². The summed E-state index contributed by atoms with van der Waals surface area (Å²) < 4.78 is 0. The van der Waals surface area contributed by atoms with Crippen LogP contribution in [0.25, 0.3) is 0 Å². The van der Waals surface area contributed by atoms with Gasteiger partial charge in [0.2, 0.25) is 0 Å². The van der Waals surface area contributed by atoms with Crippen molar-refractivity contribution in [3.63, 3.8) is 0 Å². The summed E-state index contributed by atoms with van der Waals surface area (Å²) in [4.78, 5) is 11.3. The van der Waals surface area contributed by atoms with Gasteiger partial charge in [0.05, 0.1) is 6.04 Å². The fraction of sp³-hybridized carbons (Fsp3) is 0.625. The molecular weight excluding hydrogens is 140 g/mol. The van der Waals surface area contributed by atoms with Gasteiger partial charge in [0.1, 0.15) is 0 Å². The van der Waals surface area contributed by atoms with Crippen molar-refractivity contribution in [1.82, 2.24) is 10.6 Å². The van der Waals surface area contributed by atoms with E-state index in [2.05, 4.69) is 10.6 Å². The highest BCUT2D eigenvalue weighted by atomic mass is 16.1. The van der Waals surface area contributed by atoms with Crippen LogP contribution in [-0.4, -0.2) is 24.9 Å². The maximum atomic E-state index is 11.3. The van der Waals surface area contributed by atoms with Gasteiger partial charge in [0, 0.05) is 18.7 Å². The predicted octanol–water partition coefficient (Wildman–Crippen LogP) is -0.349. The molecule has 0 saturated carbocycles. The second kappa shape index (κ2) is 2.66. The van der Waals surface area contributed by atoms with Crippen LogP contribution < -0.4 is 10.6 Å². The predicted molar refractivity (Wildman–Crippen MR) is 42.0 cm³/mol. The molecule has 1 fully saturated rings. The Balaban J connectivity index is 2.16. The zero-order chi connectivity index (χ0) is 7.68. The van der Waals surface area contributed by atoms with E-state index in [1.54, 1.807) is 12.3 Å². The third-order valence-electron chi connectivity index (χ3n) is 2.40. The van der Waals surface area contributed by atoms with Crippen molar-refractivity contribution in [1.29, 1.82) is 0 Å². The number of hydrogen-bond donors (Lipinski definition) is 2.